The predicted molar refractivity (Wildman–Crippen MR) is 214 cm³/mol. The van der Waals surface area contributed by atoms with Crippen molar-refractivity contribution in [3.05, 3.63) is 66.0 Å². The zero-order valence-electron chi connectivity index (χ0n) is 32.6. The number of aromatic nitrogens is 1. The number of benzene rings is 2. The number of allylic oxidation sites excluding steroid dienone is 2. The van der Waals surface area contributed by atoms with Gasteiger partial charge < -0.3 is 30.0 Å². The van der Waals surface area contributed by atoms with E-state index >= 15 is 0 Å². The first-order chi connectivity index (χ1) is 26.4. The van der Waals surface area contributed by atoms with Crippen molar-refractivity contribution in [2.75, 3.05) is 26.7 Å². The maximum absolute atomic E-state index is 13.0. The predicted octanol–water partition coefficient (Wildman–Crippen LogP) is 7.34. The lowest BCUT2D eigenvalue weighted by molar-refractivity contribution is -0.135. The van der Waals surface area contributed by atoms with Gasteiger partial charge in [0, 0.05) is 60.4 Å². The van der Waals surface area contributed by atoms with Gasteiger partial charge in [-0.05, 0) is 112 Å². The lowest BCUT2D eigenvalue weighted by Crippen LogP contribution is -2.49. The number of hydrogen-bond acceptors (Lipinski definition) is 8. The minimum absolute atomic E-state index is 0.0134. The van der Waals surface area contributed by atoms with Gasteiger partial charge in [-0.25, -0.2) is 13.6 Å². The average Bonchev–Trinajstić information content (AvgIpc) is 3.94. The number of likely N-dealkylation sites (tertiary alicyclic amines) is 2. The standard InChI is InChI=1S/C42H53F2N7O4/c1-25(2)34(48-42(53)54-6)23-49-15-8-10-35(49)28(5)47-21-27(4)30-11-13-33-37-18-31-17-29(12-14-36(31)51(37)24-55-38(33)19-30)26(3)20-46-22-32-9-7-16-50(32)41(52)39(45)40(43)44/h11-14,17-22,25,32,34-35,39-40H,7-10,15-16,23-24,45H2,1-6H3,(H,48,53)/b26-20+,27-21+,46-22+,47-28+/t32-,34-,35+,39-/m0/s1. The molecular formula is C42H53F2N7O4. The summed E-state index contributed by atoms with van der Waals surface area (Å²) in [5, 5.41) is 4.06. The number of nitrogens with zero attached hydrogens (tertiary/aromatic N) is 5. The minimum Gasteiger partial charge on any atom is -0.472 e. The van der Waals surface area contributed by atoms with E-state index in [1.807, 2.05) is 19.2 Å². The number of methoxy groups -OCH3 is 1. The Kier molecular flexibility index (Phi) is 12.5. The van der Waals surface area contributed by atoms with Gasteiger partial charge in [-0.3, -0.25) is 19.7 Å². The SMILES string of the molecule is COC(=O)N[C@@H](CN1CCC[C@@H]1/C(C)=N/C=C(\C)c1ccc2c(c1)OCn1c-2cc2cc(/C(C)=C/N=C/[C@@H]3CCCN3C(=O)[C@@H](N)C(F)F)ccc21)C(C)C. The Labute approximate surface area is 321 Å². The van der Waals surface area contributed by atoms with Crippen molar-refractivity contribution in [2.24, 2.45) is 21.6 Å². The highest BCUT2D eigenvalue weighted by Crippen LogP contribution is 2.40. The molecule has 4 heterocycles. The third kappa shape index (κ3) is 8.83. The van der Waals surface area contributed by atoms with Crippen molar-refractivity contribution in [1.29, 1.82) is 0 Å². The van der Waals surface area contributed by atoms with Gasteiger partial charge in [-0.1, -0.05) is 26.0 Å². The summed E-state index contributed by atoms with van der Waals surface area (Å²) in [5.74, 6) is 0.349. The molecule has 0 unspecified atom stereocenters. The van der Waals surface area contributed by atoms with Crippen molar-refractivity contribution in [1.82, 2.24) is 19.7 Å². The number of carbonyl (C=O) groups excluding carboxylic acids is 2. The van der Waals surface area contributed by atoms with Gasteiger partial charge in [0.05, 0.1) is 24.4 Å². The number of carbonyl (C=O) groups is 2. The highest BCUT2D eigenvalue weighted by Gasteiger charge is 2.35. The molecule has 3 aromatic rings. The molecule has 11 nitrogen and oxygen atoms in total. The van der Waals surface area contributed by atoms with Gasteiger partial charge in [-0.15, -0.1) is 0 Å². The fraction of sp³-hybridized carbons (Fsp3) is 0.476. The van der Waals surface area contributed by atoms with Crippen LogP contribution in [0, 0.1) is 5.92 Å². The number of alkyl halides is 2. The Balaban J connectivity index is 1.14. The normalized spacial score (nSPS) is 20.6. The van der Waals surface area contributed by atoms with Gasteiger partial charge in [-0.2, -0.15) is 0 Å². The molecule has 2 amide bonds. The van der Waals surface area contributed by atoms with Crippen LogP contribution in [0.25, 0.3) is 33.3 Å². The molecule has 0 aliphatic carbocycles. The fourth-order valence-corrected chi connectivity index (χ4v) is 7.72. The minimum atomic E-state index is -2.90. The summed E-state index contributed by atoms with van der Waals surface area (Å²) in [6, 6.07) is 12.8. The van der Waals surface area contributed by atoms with Crippen molar-refractivity contribution in [3.8, 4) is 17.0 Å². The molecule has 3 N–H and O–H groups in total. The molecule has 0 spiro atoms. The lowest BCUT2D eigenvalue weighted by atomic mass is 10.0. The van der Waals surface area contributed by atoms with E-state index in [2.05, 4.69) is 83.9 Å². The number of nitrogens with one attached hydrogen (secondary N) is 1. The van der Waals surface area contributed by atoms with E-state index in [9.17, 15) is 18.4 Å². The summed E-state index contributed by atoms with van der Waals surface area (Å²) >= 11 is 0. The number of halogens is 2. The molecule has 13 heteroatoms. The Morgan fingerprint density at radius 1 is 1.02 bits per heavy atom. The van der Waals surface area contributed by atoms with Crippen LogP contribution in [0.1, 0.15) is 71.4 Å². The van der Waals surface area contributed by atoms with E-state index in [1.165, 1.54) is 12.0 Å². The molecule has 3 aliphatic rings. The number of hydrogen-bond donors (Lipinski definition) is 2. The topological polar surface area (TPSA) is 127 Å². The number of amides is 2. The number of nitrogens with two attached hydrogens (primary N) is 1. The number of rotatable bonds is 12. The smallest absolute Gasteiger partial charge is 0.407 e. The van der Waals surface area contributed by atoms with Gasteiger partial charge >= 0.3 is 6.09 Å². The Hall–Kier alpha value is -4.88. The van der Waals surface area contributed by atoms with Crippen LogP contribution < -0.4 is 15.8 Å². The zero-order chi connectivity index (χ0) is 39.4. The molecule has 0 saturated carbocycles. The van der Waals surface area contributed by atoms with Crippen molar-refractivity contribution < 1.29 is 27.8 Å². The monoisotopic (exact) mass is 757 g/mol. The van der Waals surface area contributed by atoms with E-state index < -0.39 is 24.5 Å². The first-order valence-electron chi connectivity index (χ1n) is 19.1. The molecule has 4 atom stereocenters. The Morgan fingerprint density at radius 2 is 1.75 bits per heavy atom. The van der Waals surface area contributed by atoms with Crippen molar-refractivity contribution >= 4 is 46.0 Å². The second-order valence-electron chi connectivity index (χ2n) is 15.1. The van der Waals surface area contributed by atoms with E-state index in [4.69, 9.17) is 20.2 Å². The molecule has 294 valence electrons. The average molecular weight is 758 g/mol. The van der Waals surface area contributed by atoms with Gasteiger partial charge in [0.15, 0.2) is 6.73 Å². The molecule has 55 heavy (non-hydrogen) atoms. The Morgan fingerprint density at radius 3 is 2.49 bits per heavy atom. The molecule has 3 aliphatic heterocycles. The molecule has 0 bridgehead atoms. The van der Waals surface area contributed by atoms with E-state index in [1.54, 1.807) is 12.4 Å². The van der Waals surface area contributed by atoms with Crippen LogP contribution in [0.5, 0.6) is 5.75 Å². The first-order valence-corrected chi connectivity index (χ1v) is 19.1. The number of fused-ring (bicyclic) bond motifs is 5. The number of ether oxygens (including phenoxy) is 2. The highest BCUT2D eigenvalue weighted by molar-refractivity contribution is 5.92. The summed E-state index contributed by atoms with van der Waals surface area (Å²) in [4.78, 5) is 37.6. The van der Waals surface area contributed by atoms with Crippen LogP contribution in [0.15, 0.2) is 64.8 Å². The van der Waals surface area contributed by atoms with Crippen LogP contribution in [0.2, 0.25) is 0 Å². The molecule has 1 aromatic heterocycles. The molecule has 6 rings (SSSR count). The second kappa shape index (κ2) is 17.3. The second-order valence-corrected chi connectivity index (χ2v) is 15.1. The summed E-state index contributed by atoms with van der Waals surface area (Å²) < 4.78 is 39.4. The van der Waals surface area contributed by atoms with E-state index in [-0.39, 0.29) is 24.0 Å². The molecular weight excluding hydrogens is 705 g/mol. The van der Waals surface area contributed by atoms with Crippen LogP contribution in [-0.2, 0) is 16.3 Å². The largest absolute Gasteiger partial charge is 0.472 e. The van der Waals surface area contributed by atoms with Crippen LogP contribution in [0.4, 0.5) is 13.6 Å². The first kappa shape index (κ1) is 39.8. The third-order valence-electron chi connectivity index (χ3n) is 11.1. The van der Waals surface area contributed by atoms with Gasteiger partial charge in [0.1, 0.15) is 11.8 Å². The fourth-order valence-electron chi connectivity index (χ4n) is 7.72. The summed E-state index contributed by atoms with van der Waals surface area (Å²) in [5.41, 5.74) is 13.6. The van der Waals surface area contributed by atoms with Crippen molar-refractivity contribution in [3.63, 3.8) is 0 Å². The summed E-state index contributed by atoms with van der Waals surface area (Å²) in [6.07, 6.45) is 5.52. The number of alkyl carbamates (subject to hydrolysis) is 1. The highest BCUT2D eigenvalue weighted by atomic mass is 19.3. The van der Waals surface area contributed by atoms with E-state index in [0.717, 1.165) is 88.2 Å². The van der Waals surface area contributed by atoms with Gasteiger partial charge in [0.25, 0.3) is 6.43 Å². The molecule has 2 fully saturated rings. The van der Waals surface area contributed by atoms with Crippen molar-refractivity contribution in [2.45, 2.75) is 97.6 Å². The van der Waals surface area contributed by atoms with Crippen LogP contribution in [-0.4, -0.2) is 95.6 Å². The third-order valence-corrected chi connectivity index (χ3v) is 11.1. The molecule has 2 aromatic carbocycles. The number of aliphatic imine (C=N–C) groups is 2. The van der Waals surface area contributed by atoms with E-state index in [0.29, 0.717) is 19.7 Å². The molecule has 0 radical (unpaired) electrons. The van der Waals surface area contributed by atoms with Crippen LogP contribution in [0.3, 0.4) is 0 Å². The Bertz CT molecular complexity index is 2020. The summed E-state index contributed by atoms with van der Waals surface area (Å²) in [7, 11) is 1.39. The maximum atomic E-state index is 13.0. The molecule has 2 saturated heterocycles. The van der Waals surface area contributed by atoms with Crippen LogP contribution >= 0.6 is 0 Å². The zero-order valence-corrected chi connectivity index (χ0v) is 32.6. The van der Waals surface area contributed by atoms with Gasteiger partial charge in [0.2, 0.25) is 5.91 Å². The quantitative estimate of drug-likeness (QED) is 0.186. The lowest BCUT2D eigenvalue weighted by Gasteiger charge is -2.31. The summed E-state index contributed by atoms with van der Waals surface area (Å²) in [6.45, 7) is 12.8. The maximum Gasteiger partial charge on any atom is 0.407 e.